The summed E-state index contributed by atoms with van der Waals surface area (Å²) in [6, 6.07) is 2.25. The molecule has 0 saturated heterocycles. The minimum atomic E-state index is 0.0497. The van der Waals surface area contributed by atoms with Gasteiger partial charge in [-0.05, 0) is 37.3 Å². The fourth-order valence-corrected chi connectivity index (χ4v) is 2.08. The van der Waals surface area contributed by atoms with Crippen LogP contribution in [0.25, 0.3) is 0 Å². The highest BCUT2D eigenvalue weighted by Gasteiger charge is 2.10. The number of nitrogens with zero attached hydrogens (tertiary/aromatic N) is 1. The van der Waals surface area contributed by atoms with Crippen molar-refractivity contribution in [1.29, 1.82) is 5.26 Å². The molecule has 0 amide bonds. The van der Waals surface area contributed by atoms with E-state index in [0.29, 0.717) is 0 Å². The largest absolute Gasteiger partial charge is 0.198 e. The van der Waals surface area contributed by atoms with Crippen LogP contribution in [0, 0.1) is 25.2 Å². The lowest BCUT2D eigenvalue weighted by Crippen LogP contribution is -1.87. The van der Waals surface area contributed by atoms with E-state index in [0.717, 1.165) is 0 Å². The van der Waals surface area contributed by atoms with Gasteiger partial charge in [-0.15, -0.1) is 11.3 Å². The van der Waals surface area contributed by atoms with Crippen LogP contribution in [-0.4, -0.2) is 0 Å². The summed E-state index contributed by atoms with van der Waals surface area (Å²) < 4.78 is 0. The predicted octanol–water partition coefficient (Wildman–Crippen LogP) is 2.99. The summed E-state index contributed by atoms with van der Waals surface area (Å²) in [5.74, 6) is 0.0497. The quantitative estimate of drug-likeness (QED) is 0.627. The van der Waals surface area contributed by atoms with Crippen LogP contribution in [-0.2, 0) is 0 Å². The first kappa shape index (κ1) is 8.29. The Morgan fingerprint density at radius 3 is 2.55 bits per heavy atom. The van der Waals surface area contributed by atoms with Gasteiger partial charge in [0.05, 0.1) is 12.0 Å². The first-order chi connectivity index (χ1) is 5.16. The molecule has 1 aromatic heterocycles. The summed E-state index contributed by atoms with van der Waals surface area (Å²) in [5, 5.41) is 10.8. The van der Waals surface area contributed by atoms with E-state index < -0.39 is 0 Å². The number of nitriles is 1. The van der Waals surface area contributed by atoms with Crippen LogP contribution in [0.2, 0.25) is 0 Å². The molecule has 0 saturated carbocycles. The zero-order chi connectivity index (χ0) is 8.43. The lowest BCUT2D eigenvalue weighted by molar-refractivity contribution is 0.995. The van der Waals surface area contributed by atoms with Crippen LogP contribution in [0.3, 0.4) is 0 Å². The van der Waals surface area contributed by atoms with E-state index in [1.54, 1.807) is 11.3 Å². The van der Waals surface area contributed by atoms with Crippen molar-refractivity contribution in [3.63, 3.8) is 0 Å². The molecule has 11 heavy (non-hydrogen) atoms. The van der Waals surface area contributed by atoms with Gasteiger partial charge in [0.2, 0.25) is 0 Å². The molecule has 2 heteroatoms. The normalized spacial score (nSPS) is 12.5. The molecule has 1 unspecified atom stereocenters. The van der Waals surface area contributed by atoms with Crippen LogP contribution in [0.5, 0.6) is 0 Å². The highest BCUT2D eigenvalue weighted by molar-refractivity contribution is 7.10. The fourth-order valence-electron chi connectivity index (χ4n) is 1.01. The maximum absolute atomic E-state index is 8.68. The van der Waals surface area contributed by atoms with Crippen LogP contribution in [0.15, 0.2) is 5.38 Å². The second kappa shape index (κ2) is 3.06. The topological polar surface area (TPSA) is 23.8 Å². The molecule has 0 spiro atoms. The minimum absolute atomic E-state index is 0.0497. The van der Waals surface area contributed by atoms with Gasteiger partial charge in [0.25, 0.3) is 0 Å². The van der Waals surface area contributed by atoms with E-state index in [1.165, 1.54) is 16.0 Å². The van der Waals surface area contributed by atoms with Gasteiger partial charge in [0, 0.05) is 4.88 Å². The van der Waals surface area contributed by atoms with Crippen LogP contribution in [0.4, 0.5) is 0 Å². The van der Waals surface area contributed by atoms with Crippen LogP contribution < -0.4 is 0 Å². The van der Waals surface area contributed by atoms with Crippen LogP contribution in [0.1, 0.15) is 28.8 Å². The molecule has 0 aliphatic rings. The van der Waals surface area contributed by atoms with E-state index >= 15 is 0 Å². The molecule has 0 fully saturated rings. The molecule has 0 aromatic carbocycles. The number of rotatable bonds is 1. The Morgan fingerprint density at radius 2 is 2.18 bits per heavy atom. The van der Waals surface area contributed by atoms with E-state index in [9.17, 15) is 0 Å². The van der Waals surface area contributed by atoms with Gasteiger partial charge in [0.1, 0.15) is 0 Å². The van der Waals surface area contributed by atoms with Gasteiger partial charge in [-0.1, -0.05) is 0 Å². The van der Waals surface area contributed by atoms with Crippen molar-refractivity contribution in [3.05, 3.63) is 21.4 Å². The summed E-state index contributed by atoms with van der Waals surface area (Å²) in [6.07, 6.45) is 0. The Kier molecular flexibility index (Phi) is 2.31. The lowest BCUT2D eigenvalue weighted by atomic mass is 10.1. The zero-order valence-electron chi connectivity index (χ0n) is 7.01. The van der Waals surface area contributed by atoms with Crippen molar-refractivity contribution in [2.45, 2.75) is 26.7 Å². The minimum Gasteiger partial charge on any atom is -0.198 e. The summed E-state index contributed by atoms with van der Waals surface area (Å²) in [4.78, 5) is 1.21. The standard InChI is InChI=1S/C9H11NS/c1-6(4-10)9-8(3)7(2)5-11-9/h5-6H,1-3H3. The van der Waals surface area contributed by atoms with Gasteiger partial charge < -0.3 is 0 Å². The Bertz CT molecular complexity index is 293. The monoisotopic (exact) mass is 165 g/mol. The average molecular weight is 165 g/mol. The van der Waals surface area contributed by atoms with Gasteiger partial charge >= 0.3 is 0 Å². The van der Waals surface area contributed by atoms with Crippen molar-refractivity contribution in [3.8, 4) is 6.07 Å². The second-order valence-electron chi connectivity index (χ2n) is 2.76. The van der Waals surface area contributed by atoms with Gasteiger partial charge in [0.15, 0.2) is 0 Å². The average Bonchev–Trinajstić information content (AvgIpc) is 2.32. The molecule has 1 aromatic rings. The molecular weight excluding hydrogens is 154 g/mol. The van der Waals surface area contributed by atoms with Crippen molar-refractivity contribution in [2.24, 2.45) is 0 Å². The molecule has 0 bridgehead atoms. The Labute approximate surface area is 71.3 Å². The number of thiophene rings is 1. The van der Waals surface area contributed by atoms with Crippen molar-refractivity contribution >= 4 is 11.3 Å². The molecule has 58 valence electrons. The smallest absolute Gasteiger partial charge is 0.0780 e. The van der Waals surface area contributed by atoms with E-state index in [-0.39, 0.29) is 5.92 Å². The number of hydrogen-bond donors (Lipinski definition) is 0. The second-order valence-corrected chi connectivity index (χ2v) is 3.67. The molecular formula is C9H11NS. The third kappa shape index (κ3) is 1.44. The van der Waals surface area contributed by atoms with Gasteiger partial charge in [-0.25, -0.2) is 0 Å². The van der Waals surface area contributed by atoms with E-state index in [1.807, 2.05) is 6.92 Å². The summed E-state index contributed by atoms with van der Waals surface area (Å²) >= 11 is 1.69. The SMILES string of the molecule is Cc1csc(C(C)C#N)c1C. The van der Waals surface area contributed by atoms with Gasteiger partial charge in [-0.3, -0.25) is 0 Å². The summed E-state index contributed by atoms with van der Waals surface area (Å²) in [7, 11) is 0. The molecule has 1 rings (SSSR count). The first-order valence-corrected chi connectivity index (χ1v) is 4.49. The highest BCUT2D eigenvalue weighted by atomic mass is 32.1. The van der Waals surface area contributed by atoms with Gasteiger partial charge in [-0.2, -0.15) is 5.26 Å². The molecule has 1 heterocycles. The third-order valence-electron chi connectivity index (χ3n) is 1.91. The molecule has 0 N–H and O–H groups in total. The Morgan fingerprint density at radius 1 is 1.55 bits per heavy atom. The lowest BCUT2D eigenvalue weighted by Gasteiger charge is -1.99. The molecule has 0 aliphatic heterocycles. The third-order valence-corrected chi connectivity index (χ3v) is 3.30. The highest BCUT2D eigenvalue weighted by Crippen LogP contribution is 2.27. The predicted molar refractivity (Wildman–Crippen MR) is 47.8 cm³/mol. The van der Waals surface area contributed by atoms with E-state index in [4.69, 9.17) is 5.26 Å². The maximum atomic E-state index is 8.68. The zero-order valence-corrected chi connectivity index (χ0v) is 7.83. The summed E-state index contributed by atoms with van der Waals surface area (Å²) in [5.41, 5.74) is 2.58. The number of hydrogen-bond acceptors (Lipinski definition) is 2. The Hall–Kier alpha value is -0.810. The Balaban J connectivity index is 3.07. The molecule has 1 atom stereocenters. The first-order valence-electron chi connectivity index (χ1n) is 3.61. The molecule has 1 nitrogen and oxygen atoms in total. The van der Waals surface area contributed by atoms with E-state index in [2.05, 4.69) is 25.3 Å². The van der Waals surface area contributed by atoms with Crippen LogP contribution >= 0.6 is 11.3 Å². The summed E-state index contributed by atoms with van der Waals surface area (Å²) in [6.45, 7) is 6.10. The fraction of sp³-hybridized carbons (Fsp3) is 0.444. The molecule has 0 aliphatic carbocycles. The van der Waals surface area contributed by atoms with Crippen molar-refractivity contribution < 1.29 is 0 Å². The molecule has 0 radical (unpaired) electrons. The van der Waals surface area contributed by atoms with Crippen molar-refractivity contribution in [1.82, 2.24) is 0 Å². The maximum Gasteiger partial charge on any atom is 0.0780 e. The number of aryl methyl sites for hydroxylation is 1. The van der Waals surface area contributed by atoms with Crippen molar-refractivity contribution in [2.75, 3.05) is 0 Å².